The molecule has 0 radical (unpaired) electrons. The van der Waals surface area contributed by atoms with Crippen molar-refractivity contribution in [3.63, 3.8) is 0 Å². The number of Topliss-reactive ketones (excluding diaryl/α,β-unsaturated/α-hetero) is 1. The van der Waals surface area contributed by atoms with E-state index in [1.807, 2.05) is 43.6 Å². The van der Waals surface area contributed by atoms with Gasteiger partial charge >= 0.3 is 0 Å². The maximum Gasteiger partial charge on any atom is 0.265 e. The van der Waals surface area contributed by atoms with Crippen LogP contribution in [-0.4, -0.2) is 15.6 Å². The summed E-state index contributed by atoms with van der Waals surface area (Å²) in [5.41, 5.74) is 0.735. The second kappa shape index (κ2) is 6.30. The van der Waals surface area contributed by atoms with Gasteiger partial charge in [-0.15, -0.1) is 4.68 Å². The highest BCUT2D eigenvalue weighted by Crippen LogP contribution is 1.99. The first kappa shape index (κ1) is 13.6. The van der Waals surface area contributed by atoms with E-state index in [-0.39, 0.29) is 22.8 Å². The van der Waals surface area contributed by atoms with Crippen LogP contribution in [0.3, 0.4) is 0 Å². The molecule has 0 aliphatic rings. The van der Waals surface area contributed by atoms with Crippen molar-refractivity contribution >= 4 is 5.78 Å². The Hall–Kier alpha value is -1.49. The lowest BCUT2D eigenvalue weighted by Crippen LogP contribution is -3.00. The zero-order valence-electron chi connectivity index (χ0n) is 9.58. The minimum atomic E-state index is 0. The number of halogens is 1. The minimum absolute atomic E-state index is 0. The number of benzene rings is 1. The molecule has 0 amide bonds. The topological polar surface area (TPSA) is 38.8 Å². The molecule has 0 saturated carbocycles. The van der Waals surface area contributed by atoms with Crippen LogP contribution in [0.5, 0.6) is 0 Å². The van der Waals surface area contributed by atoms with Crippen molar-refractivity contribution in [3.8, 4) is 0 Å². The third-order valence-electron chi connectivity index (χ3n) is 2.38. The van der Waals surface area contributed by atoms with E-state index in [1.54, 1.807) is 15.6 Å². The van der Waals surface area contributed by atoms with Crippen molar-refractivity contribution < 1.29 is 26.3 Å². The molecule has 0 fully saturated rings. The molecule has 1 heterocycles. The van der Waals surface area contributed by atoms with Crippen LogP contribution in [0, 0.1) is 0 Å². The fraction of sp³-hybridized carbons (Fsp3) is 0.250. The van der Waals surface area contributed by atoms with E-state index >= 15 is 0 Å². The quantitative estimate of drug-likeness (QED) is 0.487. The average Bonchev–Trinajstić information content (AvgIpc) is 2.78. The highest BCUT2D eigenvalue weighted by Gasteiger charge is 2.10. The minimum Gasteiger partial charge on any atom is -1.00 e. The SMILES string of the molecule is CCn1c[n+](CC(=O)c2ccccc2)cn1.[Br-]. The predicted octanol–water partition coefficient (Wildman–Crippen LogP) is -1.92. The molecule has 0 aliphatic heterocycles. The van der Waals surface area contributed by atoms with Gasteiger partial charge in [-0.2, -0.15) is 0 Å². The van der Waals surface area contributed by atoms with Crippen LogP contribution in [0.15, 0.2) is 43.0 Å². The summed E-state index contributed by atoms with van der Waals surface area (Å²) >= 11 is 0. The van der Waals surface area contributed by atoms with Gasteiger partial charge in [-0.1, -0.05) is 30.3 Å². The summed E-state index contributed by atoms with van der Waals surface area (Å²) in [4.78, 5) is 11.9. The Morgan fingerprint density at radius 3 is 2.65 bits per heavy atom. The van der Waals surface area contributed by atoms with Gasteiger partial charge in [0.25, 0.3) is 6.33 Å². The number of rotatable bonds is 4. The van der Waals surface area contributed by atoms with Crippen LogP contribution in [0.25, 0.3) is 0 Å². The molecule has 0 unspecified atom stereocenters. The molecule has 0 atom stereocenters. The van der Waals surface area contributed by atoms with Crippen LogP contribution in [0.4, 0.5) is 0 Å². The molecule has 1 aromatic carbocycles. The van der Waals surface area contributed by atoms with Gasteiger partial charge < -0.3 is 17.0 Å². The van der Waals surface area contributed by atoms with Gasteiger partial charge in [0.05, 0.1) is 0 Å². The molecule has 0 spiro atoms. The second-order valence-corrected chi connectivity index (χ2v) is 3.56. The Morgan fingerprint density at radius 2 is 2.06 bits per heavy atom. The lowest BCUT2D eigenvalue weighted by atomic mass is 10.1. The summed E-state index contributed by atoms with van der Waals surface area (Å²) in [5, 5.41) is 4.11. The fourth-order valence-corrected chi connectivity index (χ4v) is 1.49. The van der Waals surface area contributed by atoms with Crippen LogP contribution < -0.4 is 21.5 Å². The molecule has 0 bridgehead atoms. The zero-order valence-corrected chi connectivity index (χ0v) is 11.2. The summed E-state index contributed by atoms with van der Waals surface area (Å²) in [5.74, 6) is 0.0984. The van der Waals surface area contributed by atoms with Crippen molar-refractivity contribution in [2.75, 3.05) is 0 Å². The smallest absolute Gasteiger partial charge is 0.265 e. The molecule has 4 nitrogen and oxygen atoms in total. The molecule has 17 heavy (non-hydrogen) atoms. The molecule has 0 N–H and O–H groups in total. The summed E-state index contributed by atoms with van der Waals surface area (Å²) in [7, 11) is 0. The van der Waals surface area contributed by atoms with E-state index in [4.69, 9.17) is 0 Å². The molecule has 2 aromatic rings. The Balaban J connectivity index is 0.00000144. The maximum absolute atomic E-state index is 11.9. The maximum atomic E-state index is 11.9. The Bertz CT molecular complexity index is 482. The summed E-state index contributed by atoms with van der Waals surface area (Å²) < 4.78 is 3.58. The van der Waals surface area contributed by atoms with Gasteiger partial charge in [-0.05, 0) is 6.92 Å². The molecular weight excluding hydrogens is 282 g/mol. The van der Waals surface area contributed by atoms with E-state index in [2.05, 4.69) is 5.10 Å². The van der Waals surface area contributed by atoms with E-state index in [1.165, 1.54) is 0 Å². The van der Waals surface area contributed by atoms with E-state index in [9.17, 15) is 4.79 Å². The summed E-state index contributed by atoms with van der Waals surface area (Å²) in [6.45, 7) is 3.16. The number of carbonyl (C=O) groups excluding carboxylic acids is 1. The zero-order chi connectivity index (χ0) is 11.4. The lowest BCUT2D eigenvalue weighted by Gasteiger charge is -1.97. The fourth-order valence-electron chi connectivity index (χ4n) is 1.49. The second-order valence-electron chi connectivity index (χ2n) is 3.56. The van der Waals surface area contributed by atoms with Crippen LogP contribution >= 0.6 is 0 Å². The molecular formula is C12H14BrN3O. The molecule has 1 aromatic heterocycles. The van der Waals surface area contributed by atoms with Gasteiger partial charge in [0.2, 0.25) is 6.33 Å². The van der Waals surface area contributed by atoms with Gasteiger partial charge in [0, 0.05) is 10.7 Å². The Labute approximate surface area is 111 Å². The summed E-state index contributed by atoms with van der Waals surface area (Å²) in [6.07, 6.45) is 3.51. The first-order chi connectivity index (χ1) is 7.79. The van der Waals surface area contributed by atoms with E-state index in [0.717, 1.165) is 12.1 Å². The summed E-state index contributed by atoms with van der Waals surface area (Å²) in [6, 6.07) is 9.29. The number of hydrogen-bond donors (Lipinski definition) is 0. The Morgan fingerprint density at radius 1 is 1.35 bits per heavy atom. The van der Waals surface area contributed by atoms with Gasteiger partial charge in [0.15, 0.2) is 5.78 Å². The van der Waals surface area contributed by atoms with Crippen molar-refractivity contribution in [1.29, 1.82) is 0 Å². The van der Waals surface area contributed by atoms with Gasteiger partial charge in [-0.3, -0.25) is 4.79 Å². The number of hydrogen-bond acceptors (Lipinski definition) is 2. The van der Waals surface area contributed by atoms with E-state index < -0.39 is 0 Å². The van der Waals surface area contributed by atoms with Crippen molar-refractivity contribution in [2.45, 2.75) is 20.0 Å². The average molecular weight is 296 g/mol. The first-order valence-electron chi connectivity index (χ1n) is 5.29. The monoisotopic (exact) mass is 295 g/mol. The largest absolute Gasteiger partial charge is 1.00 e. The van der Waals surface area contributed by atoms with Crippen LogP contribution in [-0.2, 0) is 13.1 Å². The Kier molecular flexibility index (Phi) is 5.03. The van der Waals surface area contributed by atoms with Crippen molar-refractivity contribution in [2.24, 2.45) is 0 Å². The number of nitrogens with zero attached hydrogens (tertiary/aromatic N) is 3. The van der Waals surface area contributed by atoms with Crippen molar-refractivity contribution in [1.82, 2.24) is 9.78 Å². The normalized spacial score (nSPS) is 9.71. The molecule has 90 valence electrons. The number of ketones is 1. The first-order valence-corrected chi connectivity index (χ1v) is 5.29. The highest BCUT2D eigenvalue weighted by atomic mass is 79.9. The highest BCUT2D eigenvalue weighted by molar-refractivity contribution is 5.94. The third kappa shape index (κ3) is 3.49. The van der Waals surface area contributed by atoms with E-state index in [0.29, 0.717) is 6.54 Å². The number of carbonyl (C=O) groups is 1. The molecule has 0 saturated heterocycles. The molecule has 2 rings (SSSR count). The van der Waals surface area contributed by atoms with Crippen molar-refractivity contribution in [3.05, 3.63) is 48.5 Å². The van der Waals surface area contributed by atoms with Crippen LogP contribution in [0.1, 0.15) is 17.3 Å². The number of aryl methyl sites for hydroxylation is 1. The number of aromatic nitrogens is 3. The standard InChI is InChI=1S/C12H14N3O.BrH/c1-2-15-10-14(9-13-15)8-12(16)11-6-4-3-5-7-11;/h3-7,9-10H,2,8H2,1H3;1H/q+1;/p-1. The van der Waals surface area contributed by atoms with Gasteiger partial charge in [-0.25, -0.2) is 4.57 Å². The molecule has 5 heteroatoms. The van der Waals surface area contributed by atoms with Gasteiger partial charge in [0.1, 0.15) is 13.1 Å². The molecule has 0 aliphatic carbocycles. The predicted molar refractivity (Wildman–Crippen MR) is 58.9 cm³/mol. The van der Waals surface area contributed by atoms with Crippen LogP contribution in [0.2, 0.25) is 0 Å². The third-order valence-corrected chi connectivity index (χ3v) is 2.38. The lowest BCUT2D eigenvalue weighted by molar-refractivity contribution is -0.683.